The summed E-state index contributed by atoms with van der Waals surface area (Å²) in [6, 6.07) is 0.250. The number of rotatable bonds is 3. The van der Waals surface area contributed by atoms with Crippen molar-refractivity contribution in [3.63, 3.8) is 0 Å². The fourth-order valence-corrected chi connectivity index (χ4v) is 2.18. The van der Waals surface area contributed by atoms with Gasteiger partial charge in [0.1, 0.15) is 0 Å². The van der Waals surface area contributed by atoms with Crippen LogP contribution in [-0.4, -0.2) is 41.3 Å². The Balaban J connectivity index is 2.33. The molecule has 0 bridgehead atoms. The highest BCUT2D eigenvalue weighted by molar-refractivity contribution is 5.74. The van der Waals surface area contributed by atoms with Gasteiger partial charge >= 0.3 is 6.03 Å². The van der Waals surface area contributed by atoms with E-state index in [0.29, 0.717) is 12.6 Å². The van der Waals surface area contributed by atoms with Crippen molar-refractivity contribution in [1.29, 1.82) is 0 Å². The molecule has 2 amide bonds. The van der Waals surface area contributed by atoms with E-state index in [0.717, 1.165) is 12.8 Å². The van der Waals surface area contributed by atoms with Crippen LogP contribution in [0, 0.1) is 0 Å². The summed E-state index contributed by atoms with van der Waals surface area (Å²) in [5.41, 5.74) is -0.835. The first-order chi connectivity index (χ1) is 7.38. The number of nitrogens with zero attached hydrogens (tertiary/aromatic N) is 1. The van der Waals surface area contributed by atoms with Gasteiger partial charge in [-0.2, -0.15) is 0 Å². The van der Waals surface area contributed by atoms with Crippen molar-refractivity contribution < 1.29 is 9.90 Å². The van der Waals surface area contributed by atoms with Crippen molar-refractivity contribution >= 4 is 6.03 Å². The van der Waals surface area contributed by atoms with Gasteiger partial charge in [0.05, 0.1) is 12.1 Å². The van der Waals surface area contributed by atoms with Crippen molar-refractivity contribution in [2.75, 3.05) is 13.6 Å². The maximum Gasteiger partial charge on any atom is 0.317 e. The lowest BCUT2D eigenvalue weighted by Gasteiger charge is -2.29. The summed E-state index contributed by atoms with van der Waals surface area (Å²) in [7, 11) is 1.72. The molecule has 0 aromatic rings. The Morgan fingerprint density at radius 1 is 1.38 bits per heavy atom. The van der Waals surface area contributed by atoms with Crippen LogP contribution in [0.1, 0.15) is 46.0 Å². The second kappa shape index (κ2) is 5.53. The van der Waals surface area contributed by atoms with Crippen LogP contribution in [0.3, 0.4) is 0 Å². The Morgan fingerprint density at radius 3 is 2.44 bits per heavy atom. The highest BCUT2D eigenvalue weighted by Crippen LogP contribution is 2.17. The molecular weight excluding hydrogens is 204 g/mol. The van der Waals surface area contributed by atoms with E-state index in [2.05, 4.69) is 5.32 Å². The molecule has 1 saturated carbocycles. The second-order valence-corrected chi connectivity index (χ2v) is 5.45. The molecule has 0 saturated heterocycles. The van der Waals surface area contributed by atoms with Gasteiger partial charge in [-0.25, -0.2) is 4.79 Å². The monoisotopic (exact) mass is 228 g/mol. The van der Waals surface area contributed by atoms with E-state index in [9.17, 15) is 9.90 Å². The summed E-state index contributed by atoms with van der Waals surface area (Å²) >= 11 is 0. The van der Waals surface area contributed by atoms with E-state index in [1.165, 1.54) is 19.3 Å². The number of hydrogen-bond donors (Lipinski definition) is 2. The van der Waals surface area contributed by atoms with Gasteiger partial charge in [-0.05, 0) is 26.7 Å². The average molecular weight is 228 g/mol. The first kappa shape index (κ1) is 13.3. The normalized spacial score (nSPS) is 18.2. The number of nitrogens with one attached hydrogen (secondary N) is 1. The molecule has 0 atom stereocenters. The zero-order valence-electron chi connectivity index (χ0n) is 10.6. The third-order valence-corrected chi connectivity index (χ3v) is 2.90. The van der Waals surface area contributed by atoms with Crippen molar-refractivity contribution in [1.82, 2.24) is 10.2 Å². The number of amides is 2. The van der Waals surface area contributed by atoms with Crippen LogP contribution in [0.2, 0.25) is 0 Å². The first-order valence-electron chi connectivity index (χ1n) is 6.12. The Labute approximate surface area is 98.0 Å². The largest absolute Gasteiger partial charge is 0.389 e. The van der Waals surface area contributed by atoms with Crippen LogP contribution in [0.4, 0.5) is 4.79 Å². The van der Waals surface area contributed by atoms with E-state index in [-0.39, 0.29) is 6.03 Å². The number of urea groups is 1. The number of likely N-dealkylation sites (N-methyl/N-ethyl adjacent to an activating group) is 1. The fraction of sp³-hybridized carbons (Fsp3) is 0.917. The van der Waals surface area contributed by atoms with Gasteiger partial charge in [0.2, 0.25) is 0 Å². The minimum absolute atomic E-state index is 0.0750. The second-order valence-electron chi connectivity index (χ2n) is 5.45. The molecule has 0 radical (unpaired) electrons. The molecule has 1 fully saturated rings. The van der Waals surface area contributed by atoms with Crippen LogP contribution in [0.25, 0.3) is 0 Å². The molecule has 0 spiro atoms. The Hall–Kier alpha value is -0.770. The van der Waals surface area contributed by atoms with E-state index in [1.807, 2.05) is 0 Å². The van der Waals surface area contributed by atoms with Crippen molar-refractivity contribution in [2.24, 2.45) is 0 Å². The fourth-order valence-electron chi connectivity index (χ4n) is 2.18. The number of aliphatic hydroxyl groups is 1. The topological polar surface area (TPSA) is 52.6 Å². The molecule has 0 aliphatic heterocycles. The summed E-state index contributed by atoms with van der Waals surface area (Å²) in [6.07, 6.45) is 5.87. The van der Waals surface area contributed by atoms with Gasteiger partial charge in [-0.3, -0.25) is 0 Å². The summed E-state index contributed by atoms with van der Waals surface area (Å²) in [5, 5.41) is 12.6. The lowest BCUT2D eigenvalue weighted by molar-refractivity contribution is 0.0525. The summed E-state index contributed by atoms with van der Waals surface area (Å²) in [4.78, 5) is 13.3. The van der Waals surface area contributed by atoms with Gasteiger partial charge in [-0.15, -0.1) is 0 Å². The van der Waals surface area contributed by atoms with Gasteiger partial charge in [0.25, 0.3) is 0 Å². The van der Waals surface area contributed by atoms with E-state index in [4.69, 9.17) is 0 Å². The van der Waals surface area contributed by atoms with E-state index < -0.39 is 5.60 Å². The highest BCUT2D eigenvalue weighted by Gasteiger charge is 2.22. The summed E-state index contributed by atoms with van der Waals surface area (Å²) in [6.45, 7) is 3.76. The van der Waals surface area contributed by atoms with E-state index in [1.54, 1.807) is 25.8 Å². The summed E-state index contributed by atoms with van der Waals surface area (Å²) < 4.78 is 0. The smallest absolute Gasteiger partial charge is 0.317 e. The Morgan fingerprint density at radius 2 is 1.94 bits per heavy atom. The lowest BCUT2D eigenvalue weighted by Crippen LogP contribution is -2.48. The molecule has 94 valence electrons. The molecule has 0 aromatic heterocycles. The lowest BCUT2D eigenvalue weighted by atomic mass is 9.96. The molecule has 1 aliphatic rings. The van der Waals surface area contributed by atoms with Gasteiger partial charge in [-0.1, -0.05) is 19.3 Å². The molecular formula is C12H24N2O2. The molecule has 2 N–H and O–H groups in total. The van der Waals surface area contributed by atoms with Crippen molar-refractivity contribution in [2.45, 2.75) is 57.6 Å². The quantitative estimate of drug-likeness (QED) is 0.773. The predicted octanol–water partition coefficient (Wildman–Crippen LogP) is 1.73. The van der Waals surface area contributed by atoms with Gasteiger partial charge in [0.15, 0.2) is 0 Å². The van der Waals surface area contributed by atoms with Crippen molar-refractivity contribution in [3.8, 4) is 0 Å². The molecule has 1 aliphatic carbocycles. The van der Waals surface area contributed by atoms with E-state index >= 15 is 0 Å². The number of carbonyl (C=O) groups excluding carboxylic acids is 1. The number of carbonyl (C=O) groups is 1. The molecule has 0 aromatic carbocycles. The van der Waals surface area contributed by atoms with Crippen LogP contribution in [0.15, 0.2) is 0 Å². The maximum atomic E-state index is 11.8. The van der Waals surface area contributed by atoms with Crippen LogP contribution >= 0.6 is 0 Å². The van der Waals surface area contributed by atoms with Crippen LogP contribution in [0.5, 0.6) is 0 Å². The standard InChI is InChI=1S/C12H24N2O2/c1-12(2,16)9-14(3)11(15)13-10-7-5-4-6-8-10/h10,16H,4-9H2,1-3H3,(H,13,15). The first-order valence-corrected chi connectivity index (χ1v) is 6.12. The predicted molar refractivity (Wildman–Crippen MR) is 64.3 cm³/mol. The molecule has 0 heterocycles. The Kier molecular flexibility index (Phi) is 4.59. The number of hydrogen-bond acceptors (Lipinski definition) is 2. The summed E-state index contributed by atoms with van der Waals surface area (Å²) in [5.74, 6) is 0. The molecule has 16 heavy (non-hydrogen) atoms. The van der Waals surface area contributed by atoms with Crippen molar-refractivity contribution in [3.05, 3.63) is 0 Å². The highest BCUT2D eigenvalue weighted by atomic mass is 16.3. The SMILES string of the molecule is CN(CC(C)(C)O)C(=O)NC1CCCCC1. The Bertz CT molecular complexity index is 230. The van der Waals surface area contributed by atoms with Crippen LogP contribution < -0.4 is 5.32 Å². The van der Waals surface area contributed by atoms with Gasteiger partial charge < -0.3 is 15.3 Å². The molecule has 4 nitrogen and oxygen atoms in total. The zero-order chi connectivity index (χ0) is 12.2. The minimum Gasteiger partial charge on any atom is -0.389 e. The third kappa shape index (κ3) is 4.84. The maximum absolute atomic E-state index is 11.8. The average Bonchev–Trinajstić information content (AvgIpc) is 2.16. The zero-order valence-corrected chi connectivity index (χ0v) is 10.6. The molecule has 4 heteroatoms. The van der Waals surface area contributed by atoms with Gasteiger partial charge in [0, 0.05) is 13.1 Å². The molecule has 0 unspecified atom stereocenters. The van der Waals surface area contributed by atoms with Crippen LogP contribution in [-0.2, 0) is 0 Å². The molecule has 1 rings (SSSR count). The third-order valence-electron chi connectivity index (χ3n) is 2.90. The minimum atomic E-state index is -0.835.